The van der Waals surface area contributed by atoms with E-state index in [0.29, 0.717) is 32.1 Å². The molecule has 0 bridgehead atoms. The molecule has 1 unspecified atom stereocenters. The Kier molecular flexibility index (Phi) is 5.90. The topological polar surface area (TPSA) is 72.2 Å². The fourth-order valence-corrected chi connectivity index (χ4v) is 5.13. The van der Waals surface area contributed by atoms with E-state index >= 15 is 0 Å². The number of nitrogens with two attached hydrogens (primary N) is 1. The molecule has 2 aromatic rings. The zero-order chi connectivity index (χ0) is 18.8. The van der Waals surface area contributed by atoms with Crippen molar-refractivity contribution in [3.05, 3.63) is 49.8 Å². The highest BCUT2D eigenvalue weighted by Crippen LogP contribution is 2.40. The lowest BCUT2D eigenvalue weighted by Gasteiger charge is -2.21. The minimum Gasteiger partial charge on any atom is -0.365 e. The van der Waals surface area contributed by atoms with Crippen LogP contribution < -0.4 is 11.1 Å². The molecule has 0 spiro atoms. The number of anilines is 1. The minimum absolute atomic E-state index is 0.308. The van der Waals surface area contributed by atoms with Crippen LogP contribution in [0, 0.1) is 5.92 Å². The average Bonchev–Trinajstić information content (AvgIpc) is 2.94. The van der Waals surface area contributed by atoms with E-state index in [-0.39, 0.29) is 5.91 Å². The zero-order valence-corrected chi connectivity index (χ0v) is 16.7. The van der Waals surface area contributed by atoms with Crippen LogP contribution in [0.4, 0.5) is 5.00 Å². The zero-order valence-electron chi connectivity index (χ0n) is 14.4. The second kappa shape index (κ2) is 7.99. The quantitative estimate of drug-likeness (QED) is 0.700. The summed E-state index contributed by atoms with van der Waals surface area (Å²) < 4.78 is 0. The standard InChI is InChI=1S/C19H20Cl2N2O2S/c1-2-3-10-4-6-12-15(8-10)26-19(16(12)17(22)24)23-18(25)11-5-7-13(20)14(21)9-11/h5,7,9-10H,2-4,6,8H2,1H3,(H2,22,24)(H,23,25). The van der Waals surface area contributed by atoms with E-state index in [1.807, 2.05) is 0 Å². The number of rotatable bonds is 5. The molecule has 0 saturated carbocycles. The van der Waals surface area contributed by atoms with Crippen molar-refractivity contribution in [1.29, 1.82) is 0 Å². The molecule has 1 aliphatic carbocycles. The van der Waals surface area contributed by atoms with E-state index in [1.54, 1.807) is 12.1 Å². The second-order valence-corrected chi connectivity index (χ2v) is 8.47. The van der Waals surface area contributed by atoms with Crippen LogP contribution >= 0.6 is 34.5 Å². The van der Waals surface area contributed by atoms with E-state index in [1.165, 1.54) is 23.8 Å². The van der Waals surface area contributed by atoms with Gasteiger partial charge in [-0.25, -0.2) is 0 Å². The average molecular weight is 411 g/mol. The molecule has 1 aromatic carbocycles. The lowest BCUT2D eigenvalue weighted by molar-refractivity contribution is 0.1000. The first-order chi connectivity index (χ1) is 12.4. The Balaban J connectivity index is 1.89. The summed E-state index contributed by atoms with van der Waals surface area (Å²) in [5, 5.41) is 4.05. The lowest BCUT2D eigenvalue weighted by Crippen LogP contribution is -2.20. The van der Waals surface area contributed by atoms with E-state index in [4.69, 9.17) is 28.9 Å². The molecule has 0 saturated heterocycles. The van der Waals surface area contributed by atoms with Crippen LogP contribution in [0.15, 0.2) is 18.2 Å². The van der Waals surface area contributed by atoms with Gasteiger partial charge in [-0.2, -0.15) is 0 Å². The van der Waals surface area contributed by atoms with Gasteiger partial charge in [0.2, 0.25) is 0 Å². The van der Waals surface area contributed by atoms with Crippen LogP contribution in [-0.2, 0) is 12.8 Å². The van der Waals surface area contributed by atoms with Gasteiger partial charge in [-0.3, -0.25) is 9.59 Å². The third-order valence-electron chi connectivity index (χ3n) is 4.72. The van der Waals surface area contributed by atoms with Crippen molar-refractivity contribution < 1.29 is 9.59 Å². The van der Waals surface area contributed by atoms with Gasteiger partial charge in [-0.15, -0.1) is 11.3 Å². The van der Waals surface area contributed by atoms with Crippen molar-refractivity contribution in [2.75, 3.05) is 5.32 Å². The van der Waals surface area contributed by atoms with Crippen LogP contribution in [0.25, 0.3) is 0 Å². The molecule has 1 aliphatic rings. The van der Waals surface area contributed by atoms with Crippen LogP contribution in [0.1, 0.15) is 57.3 Å². The van der Waals surface area contributed by atoms with Gasteiger partial charge in [-0.1, -0.05) is 43.0 Å². The fraction of sp³-hybridized carbons (Fsp3) is 0.368. The molecule has 138 valence electrons. The second-order valence-electron chi connectivity index (χ2n) is 6.55. The van der Waals surface area contributed by atoms with Crippen molar-refractivity contribution >= 4 is 51.4 Å². The van der Waals surface area contributed by atoms with Gasteiger partial charge in [0.15, 0.2) is 0 Å². The molecule has 1 atom stereocenters. The molecular formula is C19H20Cl2N2O2S. The number of carbonyl (C=O) groups is 2. The Hall–Kier alpha value is -1.56. The molecule has 0 fully saturated rings. The Labute approximate surface area is 166 Å². The van der Waals surface area contributed by atoms with Gasteiger partial charge >= 0.3 is 0 Å². The third-order valence-corrected chi connectivity index (χ3v) is 6.63. The predicted molar refractivity (Wildman–Crippen MR) is 108 cm³/mol. The maximum Gasteiger partial charge on any atom is 0.256 e. The number of carbonyl (C=O) groups excluding carboxylic acids is 2. The van der Waals surface area contributed by atoms with Crippen molar-refractivity contribution in [2.45, 2.75) is 39.0 Å². The van der Waals surface area contributed by atoms with E-state index in [2.05, 4.69) is 12.2 Å². The van der Waals surface area contributed by atoms with Gasteiger partial charge < -0.3 is 11.1 Å². The Morgan fingerprint density at radius 2 is 2.08 bits per heavy atom. The predicted octanol–water partition coefficient (Wildman–Crippen LogP) is 5.31. The molecule has 4 nitrogen and oxygen atoms in total. The highest BCUT2D eigenvalue weighted by atomic mass is 35.5. The molecule has 7 heteroatoms. The largest absolute Gasteiger partial charge is 0.365 e. The van der Waals surface area contributed by atoms with Crippen molar-refractivity contribution in [3.8, 4) is 0 Å². The number of fused-ring (bicyclic) bond motifs is 1. The lowest BCUT2D eigenvalue weighted by atomic mass is 9.84. The van der Waals surface area contributed by atoms with E-state index < -0.39 is 5.91 Å². The highest BCUT2D eigenvalue weighted by Gasteiger charge is 2.28. The third kappa shape index (κ3) is 3.90. The summed E-state index contributed by atoms with van der Waals surface area (Å²) in [6.45, 7) is 2.18. The molecule has 3 rings (SSSR count). The Morgan fingerprint density at radius 3 is 2.73 bits per heavy atom. The van der Waals surface area contributed by atoms with Crippen molar-refractivity contribution in [1.82, 2.24) is 0 Å². The summed E-state index contributed by atoms with van der Waals surface area (Å²) in [7, 11) is 0. The fourth-order valence-electron chi connectivity index (χ4n) is 3.47. The number of primary amides is 1. The number of nitrogens with one attached hydrogen (secondary N) is 1. The van der Waals surface area contributed by atoms with Gasteiger partial charge in [0.25, 0.3) is 11.8 Å². The molecule has 1 aromatic heterocycles. The SMILES string of the molecule is CCCC1CCc2c(sc(NC(=O)c3ccc(Cl)c(Cl)c3)c2C(N)=O)C1. The molecule has 1 heterocycles. The summed E-state index contributed by atoms with van der Waals surface area (Å²) in [6.07, 6.45) is 5.15. The maximum absolute atomic E-state index is 12.6. The number of benzene rings is 1. The smallest absolute Gasteiger partial charge is 0.256 e. The number of hydrogen-bond acceptors (Lipinski definition) is 3. The van der Waals surface area contributed by atoms with Crippen LogP contribution in [-0.4, -0.2) is 11.8 Å². The molecule has 26 heavy (non-hydrogen) atoms. The van der Waals surface area contributed by atoms with E-state index in [9.17, 15) is 9.59 Å². The van der Waals surface area contributed by atoms with Crippen molar-refractivity contribution in [2.24, 2.45) is 11.7 Å². The van der Waals surface area contributed by atoms with Gasteiger partial charge in [0.05, 0.1) is 15.6 Å². The van der Waals surface area contributed by atoms with E-state index in [0.717, 1.165) is 36.1 Å². The Morgan fingerprint density at radius 1 is 1.31 bits per heavy atom. The summed E-state index contributed by atoms with van der Waals surface area (Å²) in [4.78, 5) is 25.8. The summed E-state index contributed by atoms with van der Waals surface area (Å²) in [5.41, 5.74) is 7.44. The number of halogens is 2. The van der Waals surface area contributed by atoms with Crippen LogP contribution in [0.2, 0.25) is 10.0 Å². The first kappa shape index (κ1) is 19.2. The van der Waals surface area contributed by atoms with Crippen LogP contribution in [0.5, 0.6) is 0 Å². The first-order valence-corrected chi connectivity index (χ1v) is 10.2. The number of amides is 2. The summed E-state index contributed by atoms with van der Waals surface area (Å²) in [5.74, 6) is -0.207. The maximum atomic E-state index is 12.6. The van der Waals surface area contributed by atoms with Gasteiger partial charge in [0, 0.05) is 10.4 Å². The minimum atomic E-state index is -0.499. The normalized spacial score (nSPS) is 16.2. The van der Waals surface area contributed by atoms with Gasteiger partial charge in [-0.05, 0) is 48.9 Å². The van der Waals surface area contributed by atoms with Crippen molar-refractivity contribution in [3.63, 3.8) is 0 Å². The molecule has 2 amide bonds. The highest BCUT2D eigenvalue weighted by molar-refractivity contribution is 7.17. The molecule has 0 aliphatic heterocycles. The summed E-state index contributed by atoms with van der Waals surface area (Å²) >= 11 is 13.3. The monoisotopic (exact) mass is 410 g/mol. The van der Waals surface area contributed by atoms with Crippen LogP contribution in [0.3, 0.4) is 0 Å². The number of thiophene rings is 1. The molecule has 0 radical (unpaired) electrons. The number of hydrogen-bond donors (Lipinski definition) is 2. The Bertz CT molecular complexity index is 863. The summed E-state index contributed by atoms with van der Waals surface area (Å²) in [6, 6.07) is 4.68. The molecular weight excluding hydrogens is 391 g/mol. The molecule has 3 N–H and O–H groups in total. The van der Waals surface area contributed by atoms with Gasteiger partial charge in [0.1, 0.15) is 5.00 Å². The first-order valence-electron chi connectivity index (χ1n) is 8.61.